The lowest BCUT2D eigenvalue weighted by Gasteiger charge is -2.28. The minimum atomic E-state index is -4.82. The van der Waals surface area contributed by atoms with Crippen LogP contribution in [0.4, 0.5) is 4.79 Å². The average molecular weight is 375 g/mol. The number of rotatable bonds is 6. The molecule has 25 heavy (non-hydrogen) atoms. The van der Waals surface area contributed by atoms with Crippen molar-refractivity contribution >= 4 is 22.3 Å². The van der Waals surface area contributed by atoms with Gasteiger partial charge in [0.2, 0.25) is 0 Å². The Kier molecular flexibility index (Phi) is 4.64. The largest absolute Gasteiger partial charge is 0.418 e. The van der Waals surface area contributed by atoms with Crippen molar-refractivity contribution in [2.24, 2.45) is 7.05 Å². The predicted octanol–water partition coefficient (Wildman–Crippen LogP) is -1.03. The number of piperidine rings is 1. The first-order chi connectivity index (χ1) is 11.7. The average Bonchev–Trinajstić information content (AvgIpc) is 3.04. The molecular formula is C12H17N5O7S. The number of urea groups is 1. The summed E-state index contributed by atoms with van der Waals surface area (Å²) in [6.45, 7) is 0.181. The molecule has 12 nitrogen and oxygen atoms in total. The summed E-state index contributed by atoms with van der Waals surface area (Å²) in [5, 5.41) is 4.67. The first-order valence-electron chi connectivity index (χ1n) is 7.41. The van der Waals surface area contributed by atoms with Crippen LogP contribution >= 0.6 is 0 Å². The van der Waals surface area contributed by atoms with Crippen LogP contribution in [-0.2, 0) is 38.0 Å². The van der Waals surface area contributed by atoms with Gasteiger partial charge in [-0.05, 0) is 18.9 Å². The fraction of sp³-hybridized carbons (Fsp3) is 0.583. The van der Waals surface area contributed by atoms with Crippen LogP contribution in [0.2, 0.25) is 0 Å². The molecule has 1 aromatic rings. The Hall–Kier alpha value is -2.22. The van der Waals surface area contributed by atoms with Crippen molar-refractivity contribution < 1.29 is 31.7 Å². The van der Waals surface area contributed by atoms with Gasteiger partial charge in [0.15, 0.2) is 0 Å². The van der Waals surface area contributed by atoms with Crippen LogP contribution in [0.25, 0.3) is 0 Å². The second kappa shape index (κ2) is 6.59. The van der Waals surface area contributed by atoms with Gasteiger partial charge in [-0.2, -0.15) is 18.6 Å². The van der Waals surface area contributed by atoms with E-state index in [0.717, 1.165) is 0 Å². The minimum absolute atomic E-state index is 0.0634. The van der Waals surface area contributed by atoms with Crippen LogP contribution in [-0.4, -0.2) is 63.3 Å². The molecule has 3 rings (SSSR count). The topological polar surface area (TPSA) is 143 Å². The zero-order valence-electron chi connectivity index (χ0n) is 13.2. The van der Waals surface area contributed by atoms with E-state index in [-0.39, 0.29) is 13.2 Å². The molecule has 2 N–H and O–H groups in total. The van der Waals surface area contributed by atoms with Gasteiger partial charge in [-0.15, -0.1) is 4.28 Å². The summed E-state index contributed by atoms with van der Waals surface area (Å²) in [6.07, 6.45) is 2.38. The molecule has 13 heteroatoms. The maximum absolute atomic E-state index is 12.2. The molecule has 3 amide bonds. The second-order valence-corrected chi connectivity index (χ2v) is 6.75. The van der Waals surface area contributed by atoms with Gasteiger partial charge in [-0.3, -0.25) is 18.9 Å². The first kappa shape index (κ1) is 17.6. The van der Waals surface area contributed by atoms with E-state index in [4.69, 9.17) is 9.39 Å². The van der Waals surface area contributed by atoms with E-state index in [0.29, 0.717) is 23.6 Å². The van der Waals surface area contributed by atoms with E-state index in [9.17, 15) is 18.0 Å². The van der Waals surface area contributed by atoms with E-state index in [1.165, 1.54) is 4.90 Å². The van der Waals surface area contributed by atoms with Crippen LogP contribution in [0.1, 0.15) is 18.5 Å². The molecule has 0 saturated carbocycles. The third-order valence-corrected chi connectivity index (χ3v) is 4.31. The quantitative estimate of drug-likeness (QED) is 0.475. The van der Waals surface area contributed by atoms with Gasteiger partial charge >= 0.3 is 16.4 Å². The Morgan fingerprint density at radius 2 is 2.24 bits per heavy atom. The van der Waals surface area contributed by atoms with Crippen LogP contribution < -0.4 is 5.48 Å². The van der Waals surface area contributed by atoms with Gasteiger partial charge in [0, 0.05) is 19.8 Å². The van der Waals surface area contributed by atoms with Gasteiger partial charge in [-0.25, -0.2) is 10.3 Å². The lowest BCUT2D eigenvalue weighted by molar-refractivity contribution is -0.140. The minimum Gasteiger partial charge on any atom is -0.309 e. The third-order valence-electron chi connectivity index (χ3n) is 3.96. The Labute approximate surface area is 143 Å². The molecule has 1 aromatic heterocycles. The Morgan fingerprint density at radius 3 is 2.88 bits per heavy atom. The molecule has 2 fully saturated rings. The molecule has 0 aromatic carbocycles. The number of carbonyl (C=O) groups excluding carboxylic acids is 2. The van der Waals surface area contributed by atoms with E-state index < -0.39 is 34.4 Å². The third kappa shape index (κ3) is 3.89. The monoisotopic (exact) mass is 375 g/mol. The number of carbonyl (C=O) groups is 2. The SMILES string of the molecule is Cn1ccc(CONC(=O)[C@@H]2CC[C@@H]3CN2C(=O)N3OS(=O)(=O)O)n1. The van der Waals surface area contributed by atoms with Gasteiger partial charge in [0.05, 0.1) is 11.7 Å². The molecule has 0 radical (unpaired) electrons. The highest BCUT2D eigenvalue weighted by atomic mass is 32.3. The van der Waals surface area contributed by atoms with Crippen molar-refractivity contribution in [3.8, 4) is 0 Å². The zero-order valence-corrected chi connectivity index (χ0v) is 14.0. The number of nitrogens with one attached hydrogen (secondary N) is 1. The first-order valence-corrected chi connectivity index (χ1v) is 8.78. The molecule has 2 atom stereocenters. The van der Waals surface area contributed by atoms with E-state index in [2.05, 4.69) is 14.9 Å². The highest BCUT2D eigenvalue weighted by molar-refractivity contribution is 7.80. The van der Waals surface area contributed by atoms with Crippen molar-refractivity contribution in [3.63, 3.8) is 0 Å². The molecule has 2 aliphatic heterocycles. The van der Waals surface area contributed by atoms with E-state index >= 15 is 0 Å². The van der Waals surface area contributed by atoms with E-state index in [1.807, 2.05) is 0 Å². The number of fused-ring (bicyclic) bond motifs is 2. The second-order valence-electron chi connectivity index (χ2n) is 5.75. The molecule has 3 heterocycles. The van der Waals surface area contributed by atoms with Gasteiger partial charge in [0.1, 0.15) is 12.6 Å². The van der Waals surface area contributed by atoms with Crippen molar-refractivity contribution in [1.29, 1.82) is 0 Å². The van der Waals surface area contributed by atoms with Crippen molar-refractivity contribution in [1.82, 2.24) is 25.2 Å². The summed E-state index contributed by atoms with van der Waals surface area (Å²) < 4.78 is 36.3. The molecule has 0 spiro atoms. The highest BCUT2D eigenvalue weighted by Crippen LogP contribution is 2.30. The van der Waals surface area contributed by atoms with Gasteiger partial charge < -0.3 is 4.90 Å². The molecular weight excluding hydrogens is 358 g/mol. The number of hydroxylamine groups is 3. The maximum Gasteiger partial charge on any atom is 0.418 e. The molecule has 138 valence electrons. The summed E-state index contributed by atoms with van der Waals surface area (Å²) in [5.41, 5.74) is 2.89. The van der Waals surface area contributed by atoms with Gasteiger partial charge in [0.25, 0.3) is 5.91 Å². The molecule has 2 bridgehead atoms. The fourth-order valence-corrected chi connectivity index (χ4v) is 3.28. The normalized spacial score (nSPS) is 23.2. The van der Waals surface area contributed by atoms with Crippen LogP contribution in [0, 0.1) is 0 Å². The number of aryl methyl sites for hydroxylation is 1. The zero-order chi connectivity index (χ0) is 18.2. The Bertz CT molecular complexity index is 779. The highest BCUT2D eigenvalue weighted by Gasteiger charge is 2.49. The molecule has 0 unspecified atom stereocenters. The van der Waals surface area contributed by atoms with Crippen LogP contribution in [0.5, 0.6) is 0 Å². The number of nitrogens with zero attached hydrogens (tertiary/aromatic N) is 4. The lowest BCUT2D eigenvalue weighted by Crippen LogP contribution is -2.49. The summed E-state index contributed by atoms with van der Waals surface area (Å²) in [4.78, 5) is 30.7. The lowest BCUT2D eigenvalue weighted by atomic mass is 10.0. The number of hydrogen-bond donors (Lipinski definition) is 2. The van der Waals surface area contributed by atoms with Crippen molar-refractivity contribution in [2.45, 2.75) is 31.5 Å². The number of aromatic nitrogens is 2. The fourth-order valence-electron chi connectivity index (χ4n) is 2.89. The molecule has 0 aliphatic carbocycles. The Balaban J connectivity index is 1.56. The standard InChI is InChI=1S/C12H17N5O7S/c1-15-5-4-8(13-15)7-23-14-11(18)10-3-2-9-6-16(10)12(19)17(9)24-25(20,21)22/h4-5,9-10H,2-3,6-7H2,1H3,(H,14,18)(H,20,21,22)/t9-,10+/m1/s1. The van der Waals surface area contributed by atoms with Gasteiger partial charge in [-0.1, -0.05) is 0 Å². The smallest absolute Gasteiger partial charge is 0.309 e. The summed E-state index contributed by atoms with van der Waals surface area (Å²) >= 11 is 0. The summed E-state index contributed by atoms with van der Waals surface area (Å²) in [7, 11) is -3.07. The molecule has 2 aliphatic rings. The van der Waals surface area contributed by atoms with Crippen molar-refractivity contribution in [2.75, 3.05) is 6.54 Å². The van der Waals surface area contributed by atoms with Crippen LogP contribution in [0.3, 0.4) is 0 Å². The molecule has 2 saturated heterocycles. The summed E-state index contributed by atoms with van der Waals surface area (Å²) in [6, 6.07) is -0.438. The van der Waals surface area contributed by atoms with Crippen LogP contribution in [0.15, 0.2) is 12.3 Å². The predicted molar refractivity (Wildman–Crippen MR) is 79.5 cm³/mol. The van der Waals surface area contributed by atoms with Crippen molar-refractivity contribution in [3.05, 3.63) is 18.0 Å². The Morgan fingerprint density at radius 1 is 1.48 bits per heavy atom. The summed E-state index contributed by atoms with van der Waals surface area (Å²) in [5.74, 6) is -0.531. The maximum atomic E-state index is 12.2. The van der Waals surface area contributed by atoms with E-state index in [1.54, 1.807) is 24.0 Å². The number of hydrogen-bond acceptors (Lipinski definition) is 7. The number of amides is 3.